The average Bonchev–Trinajstić information content (AvgIpc) is 3.22. The minimum absolute atomic E-state index is 0.558. The van der Waals surface area contributed by atoms with E-state index in [0.29, 0.717) is 12.1 Å². The van der Waals surface area contributed by atoms with Crippen LogP contribution in [0.15, 0.2) is 48.5 Å². The van der Waals surface area contributed by atoms with Crippen LogP contribution in [0.25, 0.3) is 11.1 Å². The van der Waals surface area contributed by atoms with Gasteiger partial charge in [-0.25, -0.2) is 0 Å². The van der Waals surface area contributed by atoms with Crippen molar-refractivity contribution in [2.75, 3.05) is 38.3 Å². The first-order chi connectivity index (χ1) is 12.8. The zero-order chi connectivity index (χ0) is 17.8. The first-order valence-electron chi connectivity index (χ1n) is 9.65. The van der Waals surface area contributed by atoms with Gasteiger partial charge in [0.1, 0.15) is 5.75 Å². The average molecular weight is 352 g/mol. The molecule has 2 aromatic rings. The lowest BCUT2D eigenvalue weighted by Crippen LogP contribution is -2.46. The van der Waals surface area contributed by atoms with E-state index >= 15 is 0 Å². The maximum Gasteiger partial charge on any atom is 0.119 e. The number of piperidine rings is 1. The quantitative estimate of drug-likeness (QED) is 0.889. The van der Waals surface area contributed by atoms with Gasteiger partial charge in [-0.15, -0.1) is 0 Å². The third-order valence-electron chi connectivity index (χ3n) is 5.51. The van der Waals surface area contributed by atoms with Crippen LogP contribution < -0.4 is 15.0 Å². The van der Waals surface area contributed by atoms with Crippen molar-refractivity contribution in [3.63, 3.8) is 0 Å². The summed E-state index contributed by atoms with van der Waals surface area (Å²) in [6, 6.07) is 18.3. The largest absolute Gasteiger partial charge is 0.497 e. The Balaban J connectivity index is 1.40. The Bertz CT molecular complexity index is 720. The normalized spacial score (nSPS) is 21.1. The molecular weight excluding hydrogens is 324 g/mol. The summed E-state index contributed by atoms with van der Waals surface area (Å²) in [5.74, 6) is 0.899. The number of nitrogens with one attached hydrogen (secondary N) is 1. The maximum atomic E-state index is 5.48. The van der Waals surface area contributed by atoms with E-state index in [4.69, 9.17) is 9.47 Å². The maximum absolute atomic E-state index is 5.48. The van der Waals surface area contributed by atoms with Crippen LogP contribution in [-0.4, -0.2) is 45.5 Å². The summed E-state index contributed by atoms with van der Waals surface area (Å²) in [5.41, 5.74) is 3.75. The molecule has 138 valence electrons. The van der Waals surface area contributed by atoms with Crippen LogP contribution in [0, 0.1) is 0 Å². The molecule has 26 heavy (non-hydrogen) atoms. The molecule has 0 unspecified atom stereocenters. The van der Waals surface area contributed by atoms with E-state index < -0.39 is 0 Å². The highest BCUT2D eigenvalue weighted by molar-refractivity contribution is 5.69. The third kappa shape index (κ3) is 4.02. The van der Waals surface area contributed by atoms with Crippen molar-refractivity contribution in [3.8, 4) is 16.9 Å². The number of anilines is 1. The summed E-state index contributed by atoms with van der Waals surface area (Å²) in [7, 11) is 1.71. The van der Waals surface area contributed by atoms with Gasteiger partial charge in [-0.1, -0.05) is 24.3 Å². The van der Waals surface area contributed by atoms with E-state index in [-0.39, 0.29) is 0 Å². The zero-order valence-corrected chi connectivity index (χ0v) is 15.5. The second-order valence-electron chi connectivity index (χ2n) is 7.27. The fraction of sp³-hybridized carbons (Fsp3) is 0.455. The molecule has 0 spiro atoms. The highest BCUT2D eigenvalue weighted by Crippen LogP contribution is 2.29. The standard InChI is InChI=1S/C22H28N2O2/c1-25-22-7-3-5-18(15-22)17-4-2-6-21(14-17)24-11-8-19(9-12-24)23-20-10-13-26-16-20/h2-7,14-15,19-20,23H,8-13,16H2,1H3/t20-/m1/s1. The molecule has 0 bridgehead atoms. The Labute approximate surface area is 156 Å². The Morgan fingerprint density at radius 2 is 1.73 bits per heavy atom. The second kappa shape index (κ2) is 8.11. The number of nitrogens with zero attached hydrogens (tertiary/aromatic N) is 1. The Hall–Kier alpha value is -2.04. The van der Waals surface area contributed by atoms with Gasteiger partial charge in [0, 0.05) is 37.5 Å². The Morgan fingerprint density at radius 1 is 0.962 bits per heavy atom. The second-order valence-corrected chi connectivity index (χ2v) is 7.27. The fourth-order valence-corrected chi connectivity index (χ4v) is 3.99. The van der Waals surface area contributed by atoms with Gasteiger partial charge in [-0.2, -0.15) is 0 Å². The van der Waals surface area contributed by atoms with E-state index in [1.54, 1.807) is 7.11 Å². The molecule has 0 radical (unpaired) electrons. The molecule has 0 amide bonds. The first kappa shape index (κ1) is 17.4. The molecule has 2 heterocycles. The SMILES string of the molecule is COc1cccc(-c2cccc(N3CCC(N[C@@H]4CCOC4)CC3)c2)c1. The van der Waals surface area contributed by atoms with Crippen LogP contribution in [0.2, 0.25) is 0 Å². The molecule has 2 fully saturated rings. The molecule has 2 saturated heterocycles. The van der Waals surface area contributed by atoms with Crippen molar-refractivity contribution in [2.24, 2.45) is 0 Å². The van der Waals surface area contributed by atoms with Gasteiger partial charge in [0.15, 0.2) is 0 Å². The van der Waals surface area contributed by atoms with Crippen molar-refractivity contribution in [2.45, 2.75) is 31.3 Å². The minimum Gasteiger partial charge on any atom is -0.497 e. The molecule has 4 nitrogen and oxygen atoms in total. The summed E-state index contributed by atoms with van der Waals surface area (Å²) in [6.07, 6.45) is 3.54. The molecule has 1 atom stereocenters. The molecule has 0 saturated carbocycles. The van der Waals surface area contributed by atoms with Crippen molar-refractivity contribution in [3.05, 3.63) is 48.5 Å². The smallest absolute Gasteiger partial charge is 0.119 e. The van der Waals surface area contributed by atoms with Gasteiger partial charge in [0.2, 0.25) is 0 Å². The third-order valence-corrected chi connectivity index (χ3v) is 5.51. The summed E-state index contributed by atoms with van der Waals surface area (Å²) >= 11 is 0. The number of benzene rings is 2. The number of rotatable bonds is 5. The van der Waals surface area contributed by atoms with E-state index in [1.807, 2.05) is 12.1 Å². The highest BCUT2D eigenvalue weighted by Gasteiger charge is 2.24. The monoisotopic (exact) mass is 352 g/mol. The first-order valence-corrected chi connectivity index (χ1v) is 9.65. The summed E-state index contributed by atoms with van der Waals surface area (Å²) in [6.45, 7) is 4.00. The number of hydrogen-bond donors (Lipinski definition) is 1. The van der Waals surface area contributed by atoms with Gasteiger partial charge in [-0.3, -0.25) is 0 Å². The lowest BCUT2D eigenvalue weighted by atomic mass is 10.0. The molecule has 2 aromatic carbocycles. The summed E-state index contributed by atoms with van der Waals surface area (Å²) in [5, 5.41) is 3.77. The molecular formula is C22H28N2O2. The van der Waals surface area contributed by atoms with E-state index in [1.165, 1.54) is 29.7 Å². The number of methoxy groups -OCH3 is 1. The van der Waals surface area contributed by atoms with Crippen molar-refractivity contribution in [1.29, 1.82) is 0 Å². The Morgan fingerprint density at radius 3 is 2.46 bits per heavy atom. The van der Waals surface area contributed by atoms with E-state index in [9.17, 15) is 0 Å². The number of ether oxygens (including phenoxy) is 2. The molecule has 1 N–H and O–H groups in total. The molecule has 0 aromatic heterocycles. The van der Waals surface area contributed by atoms with Crippen molar-refractivity contribution < 1.29 is 9.47 Å². The van der Waals surface area contributed by atoms with Gasteiger partial charge < -0.3 is 19.7 Å². The van der Waals surface area contributed by atoms with Crippen LogP contribution in [0.3, 0.4) is 0 Å². The predicted molar refractivity (Wildman–Crippen MR) is 106 cm³/mol. The Kier molecular flexibility index (Phi) is 5.42. The topological polar surface area (TPSA) is 33.7 Å². The van der Waals surface area contributed by atoms with Gasteiger partial charge in [0.25, 0.3) is 0 Å². The van der Waals surface area contributed by atoms with Gasteiger partial charge in [-0.05, 0) is 54.7 Å². The zero-order valence-electron chi connectivity index (χ0n) is 15.5. The van der Waals surface area contributed by atoms with E-state index in [2.05, 4.69) is 46.6 Å². The van der Waals surface area contributed by atoms with Crippen LogP contribution in [-0.2, 0) is 4.74 Å². The molecule has 2 aliphatic rings. The minimum atomic E-state index is 0.558. The molecule has 4 rings (SSSR count). The van der Waals surface area contributed by atoms with Crippen LogP contribution in [0.4, 0.5) is 5.69 Å². The van der Waals surface area contributed by atoms with Crippen LogP contribution >= 0.6 is 0 Å². The molecule has 2 aliphatic heterocycles. The van der Waals surface area contributed by atoms with Crippen LogP contribution in [0.5, 0.6) is 5.75 Å². The predicted octanol–water partition coefficient (Wildman–Crippen LogP) is 3.71. The van der Waals surface area contributed by atoms with Crippen molar-refractivity contribution >= 4 is 5.69 Å². The number of hydrogen-bond acceptors (Lipinski definition) is 4. The summed E-state index contributed by atoms with van der Waals surface area (Å²) in [4.78, 5) is 2.51. The van der Waals surface area contributed by atoms with Gasteiger partial charge >= 0.3 is 0 Å². The summed E-state index contributed by atoms with van der Waals surface area (Å²) < 4.78 is 10.8. The van der Waals surface area contributed by atoms with Gasteiger partial charge in [0.05, 0.1) is 13.7 Å². The van der Waals surface area contributed by atoms with Crippen LogP contribution in [0.1, 0.15) is 19.3 Å². The lowest BCUT2D eigenvalue weighted by Gasteiger charge is -2.35. The van der Waals surface area contributed by atoms with E-state index in [0.717, 1.165) is 38.5 Å². The lowest BCUT2D eigenvalue weighted by molar-refractivity contribution is 0.186. The molecule has 0 aliphatic carbocycles. The fourth-order valence-electron chi connectivity index (χ4n) is 3.99. The highest BCUT2D eigenvalue weighted by atomic mass is 16.5. The van der Waals surface area contributed by atoms with Crippen molar-refractivity contribution in [1.82, 2.24) is 5.32 Å². The molecule has 4 heteroatoms.